The SMILES string of the molecule is Cc1nc(CN2CCN(S(=O)(=O)c3ccc(C(F)(F)F)cc3)CC2)cs1. The van der Waals surface area contributed by atoms with E-state index in [0.717, 1.165) is 35.0 Å². The van der Waals surface area contributed by atoms with Gasteiger partial charge in [0.15, 0.2) is 0 Å². The van der Waals surface area contributed by atoms with Gasteiger partial charge >= 0.3 is 6.18 Å². The first kappa shape index (κ1) is 19.3. The first-order valence-electron chi connectivity index (χ1n) is 7.97. The summed E-state index contributed by atoms with van der Waals surface area (Å²) in [4.78, 5) is 6.40. The molecular weight excluding hydrogens is 387 g/mol. The van der Waals surface area contributed by atoms with Crippen molar-refractivity contribution < 1.29 is 21.6 Å². The second-order valence-electron chi connectivity index (χ2n) is 6.06. The molecule has 10 heteroatoms. The summed E-state index contributed by atoms with van der Waals surface area (Å²) in [6.45, 7) is 4.30. The number of aromatic nitrogens is 1. The average Bonchev–Trinajstić information content (AvgIpc) is 2.99. The van der Waals surface area contributed by atoms with Gasteiger partial charge in [-0.2, -0.15) is 17.5 Å². The lowest BCUT2D eigenvalue weighted by Crippen LogP contribution is -2.48. The van der Waals surface area contributed by atoms with Gasteiger partial charge < -0.3 is 0 Å². The Balaban J connectivity index is 1.64. The average molecular weight is 405 g/mol. The number of benzene rings is 1. The summed E-state index contributed by atoms with van der Waals surface area (Å²) >= 11 is 1.57. The molecule has 1 saturated heterocycles. The Hall–Kier alpha value is -1.49. The van der Waals surface area contributed by atoms with E-state index in [1.54, 1.807) is 11.3 Å². The van der Waals surface area contributed by atoms with Gasteiger partial charge in [0.25, 0.3) is 0 Å². The largest absolute Gasteiger partial charge is 0.416 e. The number of thiazole rings is 1. The summed E-state index contributed by atoms with van der Waals surface area (Å²) in [5, 5.41) is 2.98. The molecule has 0 amide bonds. The fraction of sp³-hybridized carbons (Fsp3) is 0.438. The molecule has 0 bridgehead atoms. The number of aryl methyl sites for hydroxylation is 1. The quantitative estimate of drug-likeness (QED) is 0.785. The van der Waals surface area contributed by atoms with Crippen LogP contribution in [0.4, 0.5) is 13.2 Å². The van der Waals surface area contributed by atoms with Crippen LogP contribution in [0.15, 0.2) is 34.5 Å². The molecule has 0 unspecified atom stereocenters. The molecule has 1 fully saturated rings. The molecule has 2 heterocycles. The van der Waals surface area contributed by atoms with Crippen LogP contribution in [-0.4, -0.2) is 48.8 Å². The number of nitrogens with zero attached hydrogens (tertiary/aromatic N) is 3. The van der Waals surface area contributed by atoms with Gasteiger partial charge in [0, 0.05) is 38.1 Å². The molecule has 3 rings (SSSR count). The molecule has 0 radical (unpaired) electrons. The van der Waals surface area contributed by atoms with Gasteiger partial charge in [-0.25, -0.2) is 13.4 Å². The normalized spacial score (nSPS) is 17.5. The van der Waals surface area contributed by atoms with Crippen molar-refractivity contribution in [1.29, 1.82) is 0 Å². The number of alkyl halides is 3. The molecule has 1 aromatic heterocycles. The predicted molar refractivity (Wildman–Crippen MR) is 92.3 cm³/mol. The standard InChI is InChI=1S/C16H18F3N3O2S2/c1-12-20-14(11-25-12)10-21-6-8-22(9-7-21)26(23,24)15-4-2-13(3-5-15)16(17,18)19/h2-5,11H,6-10H2,1H3. The van der Waals surface area contributed by atoms with E-state index < -0.39 is 21.8 Å². The van der Waals surface area contributed by atoms with Gasteiger partial charge in [0.1, 0.15) is 0 Å². The van der Waals surface area contributed by atoms with Crippen LogP contribution in [0.2, 0.25) is 0 Å². The number of rotatable bonds is 4. The first-order chi connectivity index (χ1) is 12.2. The van der Waals surface area contributed by atoms with Crippen LogP contribution < -0.4 is 0 Å². The molecule has 0 aliphatic carbocycles. The zero-order chi connectivity index (χ0) is 18.9. The fourth-order valence-corrected chi connectivity index (χ4v) is 4.83. The molecule has 5 nitrogen and oxygen atoms in total. The Morgan fingerprint density at radius 2 is 1.73 bits per heavy atom. The number of hydrogen-bond acceptors (Lipinski definition) is 5. The van der Waals surface area contributed by atoms with Gasteiger partial charge in [-0.3, -0.25) is 4.90 Å². The van der Waals surface area contributed by atoms with Gasteiger partial charge in [0.05, 0.1) is 21.2 Å². The van der Waals surface area contributed by atoms with Crippen LogP contribution in [0.5, 0.6) is 0 Å². The summed E-state index contributed by atoms with van der Waals surface area (Å²) in [6, 6.07) is 3.63. The summed E-state index contributed by atoms with van der Waals surface area (Å²) in [5.41, 5.74) is 0.103. The monoisotopic (exact) mass is 405 g/mol. The molecule has 26 heavy (non-hydrogen) atoms. The molecule has 1 aromatic carbocycles. The third-order valence-corrected chi connectivity index (χ3v) is 6.94. The minimum atomic E-state index is -4.48. The van der Waals surface area contributed by atoms with Crippen molar-refractivity contribution in [2.24, 2.45) is 0 Å². The van der Waals surface area contributed by atoms with Crippen molar-refractivity contribution in [3.8, 4) is 0 Å². The van der Waals surface area contributed by atoms with Crippen molar-refractivity contribution in [2.45, 2.75) is 24.5 Å². The van der Waals surface area contributed by atoms with E-state index in [4.69, 9.17) is 0 Å². The minimum Gasteiger partial charge on any atom is -0.295 e. The molecular formula is C16H18F3N3O2S2. The summed E-state index contributed by atoms with van der Waals surface area (Å²) in [6.07, 6.45) is -4.48. The third-order valence-electron chi connectivity index (χ3n) is 4.20. The van der Waals surface area contributed by atoms with Crippen LogP contribution in [0, 0.1) is 6.92 Å². The smallest absolute Gasteiger partial charge is 0.295 e. The zero-order valence-electron chi connectivity index (χ0n) is 14.0. The Bertz CT molecular complexity index is 856. The minimum absolute atomic E-state index is 0.117. The second-order valence-corrected chi connectivity index (χ2v) is 9.06. The molecule has 142 valence electrons. The highest BCUT2D eigenvalue weighted by Gasteiger charge is 2.32. The highest BCUT2D eigenvalue weighted by atomic mass is 32.2. The van der Waals surface area contributed by atoms with E-state index in [-0.39, 0.29) is 4.90 Å². The van der Waals surface area contributed by atoms with Gasteiger partial charge in [-0.05, 0) is 31.2 Å². The predicted octanol–water partition coefficient (Wildman–Crippen LogP) is 2.98. The lowest BCUT2D eigenvalue weighted by Gasteiger charge is -2.33. The van der Waals surface area contributed by atoms with Crippen molar-refractivity contribution in [2.75, 3.05) is 26.2 Å². The van der Waals surface area contributed by atoms with E-state index in [9.17, 15) is 21.6 Å². The molecule has 2 aromatic rings. The van der Waals surface area contributed by atoms with E-state index in [1.807, 2.05) is 12.3 Å². The third kappa shape index (κ3) is 4.25. The maximum Gasteiger partial charge on any atom is 0.416 e. The number of piperazine rings is 1. The van der Waals surface area contributed by atoms with Crippen LogP contribution in [-0.2, 0) is 22.7 Å². The summed E-state index contributed by atoms with van der Waals surface area (Å²) in [5.74, 6) is 0. The van der Waals surface area contributed by atoms with Crippen molar-refractivity contribution in [3.63, 3.8) is 0 Å². The molecule has 1 aliphatic rings. The number of hydrogen-bond donors (Lipinski definition) is 0. The Kier molecular flexibility index (Phi) is 5.38. The van der Waals surface area contributed by atoms with Gasteiger partial charge in [-0.15, -0.1) is 11.3 Å². The summed E-state index contributed by atoms with van der Waals surface area (Å²) in [7, 11) is -3.79. The Morgan fingerprint density at radius 1 is 1.12 bits per heavy atom. The second kappa shape index (κ2) is 7.26. The van der Waals surface area contributed by atoms with E-state index >= 15 is 0 Å². The van der Waals surface area contributed by atoms with Crippen LogP contribution in [0.1, 0.15) is 16.3 Å². The summed E-state index contributed by atoms with van der Waals surface area (Å²) < 4.78 is 64.5. The van der Waals surface area contributed by atoms with E-state index in [0.29, 0.717) is 32.7 Å². The first-order valence-corrected chi connectivity index (χ1v) is 10.3. The van der Waals surface area contributed by atoms with Crippen molar-refractivity contribution in [1.82, 2.24) is 14.2 Å². The molecule has 0 spiro atoms. The van der Waals surface area contributed by atoms with Gasteiger partial charge in [-0.1, -0.05) is 0 Å². The number of sulfonamides is 1. The van der Waals surface area contributed by atoms with Gasteiger partial charge in [0.2, 0.25) is 10.0 Å². The van der Waals surface area contributed by atoms with Crippen molar-refractivity contribution in [3.05, 3.63) is 45.9 Å². The van der Waals surface area contributed by atoms with Crippen LogP contribution >= 0.6 is 11.3 Å². The Morgan fingerprint density at radius 3 is 2.23 bits per heavy atom. The molecule has 0 saturated carbocycles. The highest BCUT2D eigenvalue weighted by Crippen LogP contribution is 2.30. The molecule has 1 aliphatic heterocycles. The molecule has 0 atom stereocenters. The maximum absolute atomic E-state index is 12.6. The van der Waals surface area contributed by atoms with Crippen LogP contribution in [0.3, 0.4) is 0 Å². The van der Waals surface area contributed by atoms with Crippen LogP contribution in [0.25, 0.3) is 0 Å². The van der Waals surface area contributed by atoms with Crippen molar-refractivity contribution >= 4 is 21.4 Å². The molecule has 0 N–H and O–H groups in total. The maximum atomic E-state index is 12.6. The van der Waals surface area contributed by atoms with E-state index in [1.165, 1.54) is 4.31 Å². The highest BCUT2D eigenvalue weighted by molar-refractivity contribution is 7.89. The lowest BCUT2D eigenvalue weighted by atomic mass is 10.2. The fourth-order valence-electron chi connectivity index (χ4n) is 2.80. The number of halogens is 3. The Labute approximate surface area is 154 Å². The lowest BCUT2D eigenvalue weighted by molar-refractivity contribution is -0.137. The topological polar surface area (TPSA) is 53.5 Å². The zero-order valence-corrected chi connectivity index (χ0v) is 15.7. The van der Waals surface area contributed by atoms with E-state index in [2.05, 4.69) is 9.88 Å².